The topological polar surface area (TPSA) is 65.0 Å². The third kappa shape index (κ3) is 5.52. The van der Waals surface area contributed by atoms with E-state index in [9.17, 15) is 0 Å². The summed E-state index contributed by atoms with van der Waals surface area (Å²) in [5.74, 6) is 1.74. The summed E-state index contributed by atoms with van der Waals surface area (Å²) in [6.07, 6.45) is 0. The molecule has 13 aromatic rings. The summed E-state index contributed by atoms with van der Waals surface area (Å²) in [7, 11) is 0. The summed E-state index contributed by atoms with van der Waals surface area (Å²) in [6.45, 7) is 0. The van der Waals surface area contributed by atoms with Gasteiger partial charge in [0.05, 0.1) is 0 Å². The van der Waals surface area contributed by atoms with Crippen molar-refractivity contribution in [3.63, 3.8) is 0 Å². The highest BCUT2D eigenvalue weighted by atomic mass is 16.3. The van der Waals surface area contributed by atoms with Crippen LogP contribution in [0.1, 0.15) is 0 Å². The molecule has 62 heavy (non-hydrogen) atoms. The van der Waals surface area contributed by atoms with Crippen molar-refractivity contribution in [3.8, 4) is 56.4 Å². The molecule has 0 unspecified atom stereocenters. The molecule has 0 aliphatic heterocycles. The highest BCUT2D eigenvalue weighted by Gasteiger charge is 2.21. The third-order valence-corrected chi connectivity index (χ3v) is 12.3. The maximum atomic E-state index is 6.77. The van der Waals surface area contributed by atoms with E-state index in [4.69, 9.17) is 23.8 Å². The number of para-hydroxylation sites is 2. The van der Waals surface area contributed by atoms with Gasteiger partial charge in [-0.15, -0.1) is 0 Å². The van der Waals surface area contributed by atoms with Crippen molar-refractivity contribution in [2.45, 2.75) is 0 Å². The molecule has 0 N–H and O–H groups in total. The van der Waals surface area contributed by atoms with Crippen LogP contribution < -0.4 is 0 Å². The molecule has 0 aliphatic carbocycles. The number of hydrogen-bond donors (Lipinski definition) is 0. The first kappa shape index (κ1) is 34.5. The maximum absolute atomic E-state index is 6.77. The van der Waals surface area contributed by atoms with E-state index in [-0.39, 0.29) is 0 Å². The lowest BCUT2D eigenvalue weighted by Gasteiger charge is -2.11. The lowest BCUT2D eigenvalue weighted by molar-refractivity contribution is 0.669. The van der Waals surface area contributed by atoms with Gasteiger partial charge in [0.25, 0.3) is 0 Å². The summed E-state index contributed by atoms with van der Waals surface area (Å²) >= 11 is 0. The second kappa shape index (κ2) is 13.6. The molecule has 0 amide bonds. The number of furan rings is 2. The number of benzene rings is 10. The molecule has 0 atom stereocenters. The van der Waals surface area contributed by atoms with Crippen LogP contribution in [0.3, 0.4) is 0 Å². The van der Waals surface area contributed by atoms with Crippen molar-refractivity contribution in [1.82, 2.24) is 15.0 Å². The van der Waals surface area contributed by atoms with E-state index in [1.807, 2.05) is 30.3 Å². The highest BCUT2D eigenvalue weighted by Crippen LogP contribution is 2.42. The van der Waals surface area contributed by atoms with E-state index in [0.717, 1.165) is 93.2 Å². The zero-order valence-electron chi connectivity index (χ0n) is 33.2. The van der Waals surface area contributed by atoms with Crippen molar-refractivity contribution in [3.05, 3.63) is 200 Å². The normalized spacial score (nSPS) is 11.9. The summed E-state index contributed by atoms with van der Waals surface area (Å²) < 4.78 is 13.1. The molecular formula is C57H33N3O2. The summed E-state index contributed by atoms with van der Waals surface area (Å²) in [5.41, 5.74) is 10.5. The maximum Gasteiger partial charge on any atom is 0.164 e. The van der Waals surface area contributed by atoms with Gasteiger partial charge in [-0.1, -0.05) is 158 Å². The Morgan fingerprint density at radius 1 is 0.274 bits per heavy atom. The molecule has 10 aromatic carbocycles. The van der Waals surface area contributed by atoms with Crippen LogP contribution in [0.2, 0.25) is 0 Å². The minimum absolute atomic E-state index is 0.570. The number of hydrogen-bond acceptors (Lipinski definition) is 5. The molecule has 0 bridgehead atoms. The largest absolute Gasteiger partial charge is 0.456 e. The summed E-state index contributed by atoms with van der Waals surface area (Å²) in [6, 6.07) is 69.9. The Balaban J connectivity index is 1.02. The Hall–Kier alpha value is -8.41. The molecule has 288 valence electrons. The fourth-order valence-corrected chi connectivity index (χ4v) is 9.25. The Morgan fingerprint density at radius 2 is 0.839 bits per heavy atom. The van der Waals surface area contributed by atoms with Gasteiger partial charge in [-0.05, 0) is 91.5 Å². The van der Waals surface area contributed by atoms with Crippen LogP contribution in [0, 0.1) is 0 Å². The minimum Gasteiger partial charge on any atom is -0.456 e. The van der Waals surface area contributed by atoms with Gasteiger partial charge < -0.3 is 8.83 Å². The van der Waals surface area contributed by atoms with Gasteiger partial charge in [-0.25, -0.2) is 15.0 Å². The van der Waals surface area contributed by atoms with Crippen LogP contribution >= 0.6 is 0 Å². The standard InChI is InChI=1S/C57H33N3O2/c1-2-10-34(11-3-1)38-22-23-40-32-42(27-24-39(40)30-38)55-58-56(43-26-21-36-28-29-51-52(48(36)33-43)45-14-6-7-18-49(45)61-51)60-57(59-55)47-17-9-19-50-53(47)46-16-8-15-44(54(46)62-50)41-25-20-35-12-4-5-13-37(35)31-41/h1-33H. The van der Waals surface area contributed by atoms with Crippen LogP contribution in [0.25, 0.3) is 133 Å². The van der Waals surface area contributed by atoms with Crippen molar-refractivity contribution in [1.29, 1.82) is 0 Å². The van der Waals surface area contributed by atoms with Gasteiger partial charge >= 0.3 is 0 Å². The molecule has 0 radical (unpaired) electrons. The Labute approximate surface area is 355 Å². The van der Waals surface area contributed by atoms with E-state index in [1.54, 1.807) is 0 Å². The number of nitrogens with zero attached hydrogens (tertiary/aromatic N) is 3. The molecule has 0 aliphatic rings. The van der Waals surface area contributed by atoms with Crippen LogP contribution in [-0.4, -0.2) is 15.0 Å². The molecule has 0 saturated carbocycles. The van der Waals surface area contributed by atoms with Crippen LogP contribution in [0.5, 0.6) is 0 Å². The van der Waals surface area contributed by atoms with Crippen molar-refractivity contribution < 1.29 is 8.83 Å². The van der Waals surface area contributed by atoms with Gasteiger partial charge in [0.15, 0.2) is 17.5 Å². The summed E-state index contributed by atoms with van der Waals surface area (Å²) in [5, 5.41) is 11.0. The van der Waals surface area contributed by atoms with Gasteiger partial charge in [0.2, 0.25) is 0 Å². The van der Waals surface area contributed by atoms with Crippen molar-refractivity contribution >= 4 is 76.2 Å². The first-order valence-corrected chi connectivity index (χ1v) is 20.8. The van der Waals surface area contributed by atoms with Crippen molar-refractivity contribution in [2.24, 2.45) is 0 Å². The SMILES string of the molecule is c1ccc(-c2ccc3cc(-c4nc(-c5ccc6ccc7oc8ccccc8c7c6c5)nc(-c5cccc6oc7c(-c8ccc9ccccc9c8)cccc7c56)n4)ccc3c2)cc1. The zero-order valence-corrected chi connectivity index (χ0v) is 33.2. The number of aromatic nitrogens is 3. The monoisotopic (exact) mass is 791 g/mol. The highest BCUT2D eigenvalue weighted by molar-refractivity contribution is 6.19. The van der Waals surface area contributed by atoms with Crippen LogP contribution in [0.15, 0.2) is 209 Å². The minimum atomic E-state index is 0.570. The predicted molar refractivity (Wildman–Crippen MR) is 254 cm³/mol. The molecule has 0 spiro atoms. The fourth-order valence-electron chi connectivity index (χ4n) is 9.25. The average molecular weight is 792 g/mol. The van der Waals surface area contributed by atoms with Crippen molar-refractivity contribution in [2.75, 3.05) is 0 Å². The number of rotatable bonds is 5. The molecule has 0 saturated heterocycles. The Kier molecular flexibility index (Phi) is 7.54. The molecular weight excluding hydrogens is 759 g/mol. The Morgan fingerprint density at radius 3 is 1.71 bits per heavy atom. The van der Waals surface area contributed by atoms with E-state index in [1.165, 1.54) is 21.9 Å². The Bertz CT molecular complexity index is 3940. The van der Waals surface area contributed by atoms with Crippen LogP contribution in [0.4, 0.5) is 0 Å². The quantitative estimate of drug-likeness (QED) is 0.174. The molecule has 5 heteroatoms. The second-order valence-corrected chi connectivity index (χ2v) is 15.9. The smallest absolute Gasteiger partial charge is 0.164 e. The molecule has 3 aromatic heterocycles. The lowest BCUT2D eigenvalue weighted by atomic mass is 9.98. The molecule has 5 nitrogen and oxygen atoms in total. The average Bonchev–Trinajstić information content (AvgIpc) is 3.93. The van der Waals surface area contributed by atoms with E-state index >= 15 is 0 Å². The third-order valence-electron chi connectivity index (χ3n) is 12.3. The molecule has 13 rings (SSSR count). The van der Waals surface area contributed by atoms with Gasteiger partial charge in [0, 0.05) is 43.8 Å². The second-order valence-electron chi connectivity index (χ2n) is 15.9. The fraction of sp³-hybridized carbons (Fsp3) is 0. The first-order chi connectivity index (χ1) is 30.7. The van der Waals surface area contributed by atoms with Gasteiger partial charge in [-0.3, -0.25) is 0 Å². The summed E-state index contributed by atoms with van der Waals surface area (Å²) in [4.78, 5) is 15.8. The van der Waals surface area contributed by atoms with Gasteiger partial charge in [0.1, 0.15) is 22.3 Å². The number of fused-ring (bicyclic) bond motifs is 10. The molecule has 3 heterocycles. The van der Waals surface area contributed by atoms with E-state index < -0.39 is 0 Å². The van der Waals surface area contributed by atoms with Crippen LogP contribution in [-0.2, 0) is 0 Å². The van der Waals surface area contributed by atoms with E-state index in [2.05, 4.69) is 170 Å². The lowest BCUT2D eigenvalue weighted by Crippen LogP contribution is -2.00. The first-order valence-electron chi connectivity index (χ1n) is 20.8. The molecule has 0 fully saturated rings. The zero-order chi connectivity index (χ0) is 40.7. The van der Waals surface area contributed by atoms with Gasteiger partial charge in [-0.2, -0.15) is 0 Å². The predicted octanol–water partition coefficient (Wildman–Crippen LogP) is 15.5. The van der Waals surface area contributed by atoms with E-state index in [0.29, 0.717) is 17.5 Å².